The van der Waals surface area contributed by atoms with E-state index in [0.29, 0.717) is 29.9 Å². The van der Waals surface area contributed by atoms with Gasteiger partial charge < -0.3 is 19.0 Å². The van der Waals surface area contributed by atoms with Gasteiger partial charge in [-0.25, -0.2) is 4.79 Å². The van der Waals surface area contributed by atoms with Crippen molar-refractivity contribution < 1.29 is 23.3 Å². The third-order valence-electron chi connectivity index (χ3n) is 3.62. The smallest absolute Gasteiger partial charge is 0.341 e. The van der Waals surface area contributed by atoms with Crippen LogP contribution >= 0.6 is 0 Å². The van der Waals surface area contributed by atoms with E-state index in [9.17, 15) is 9.59 Å². The molecule has 2 aromatic rings. The number of rotatable bonds is 6. The highest BCUT2D eigenvalue weighted by Crippen LogP contribution is 2.16. The van der Waals surface area contributed by atoms with Crippen molar-refractivity contribution in [1.29, 1.82) is 0 Å². The van der Waals surface area contributed by atoms with Crippen LogP contribution in [-0.2, 0) is 22.5 Å². The van der Waals surface area contributed by atoms with Crippen molar-refractivity contribution in [2.45, 2.75) is 40.2 Å². The van der Waals surface area contributed by atoms with E-state index in [1.54, 1.807) is 13.0 Å². The molecular weight excluding hydrogens is 300 g/mol. The second kappa shape index (κ2) is 7.13. The molecule has 1 amide bonds. The van der Waals surface area contributed by atoms with Crippen molar-refractivity contribution in [3.8, 4) is 0 Å². The number of amides is 1. The van der Waals surface area contributed by atoms with Crippen LogP contribution in [0.5, 0.6) is 0 Å². The van der Waals surface area contributed by atoms with E-state index in [4.69, 9.17) is 8.94 Å². The van der Waals surface area contributed by atoms with Crippen LogP contribution in [0.25, 0.3) is 0 Å². The van der Waals surface area contributed by atoms with Gasteiger partial charge in [-0.3, -0.25) is 4.79 Å². The lowest BCUT2D eigenvalue weighted by Crippen LogP contribution is -2.22. The molecule has 23 heavy (non-hydrogen) atoms. The van der Waals surface area contributed by atoms with Gasteiger partial charge in [-0.05, 0) is 33.3 Å². The van der Waals surface area contributed by atoms with Crippen molar-refractivity contribution in [1.82, 2.24) is 10.5 Å². The molecule has 0 aliphatic carbocycles. The van der Waals surface area contributed by atoms with Crippen molar-refractivity contribution in [3.63, 3.8) is 0 Å². The molecule has 0 aromatic carbocycles. The molecule has 2 aromatic heterocycles. The molecule has 2 heterocycles. The second-order valence-corrected chi connectivity index (χ2v) is 5.25. The number of aryl methyl sites for hydroxylation is 3. The van der Waals surface area contributed by atoms with Crippen molar-refractivity contribution in [3.05, 3.63) is 40.2 Å². The molecule has 1 N–H and O–H groups in total. The average Bonchev–Trinajstić information content (AvgIpc) is 3.05. The first-order chi connectivity index (χ1) is 10.9. The number of hydrogen-bond donors (Lipinski definition) is 1. The molecule has 0 radical (unpaired) electrons. The molecule has 0 aliphatic rings. The number of ether oxygens (including phenoxy) is 1. The maximum Gasteiger partial charge on any atom is 0.341 e. The number of hydrogen-bond acceptors (Lipinski definition) is 6. The number of esters is 1. The maximum atomic E-state index is 11.9. The lowest BCUT2D eigenvalue weighted by Gasteiger charge is -2.03. The van der Waals surface area contributed by atoms with Crippen LogP contribution in [0.2, 0.25) is 0 Å². The summed E-state index contributed by atoms with van der Waals surface area (Å²) in [7, 11) is 1.31. The summed E-state index contributed by atoms with van der Waals surface area (Å²) in [6.07, 6.45) is 0.893. The van der Waals surface area contributed by atoms with Crippen LogP contribution in [0.15, 0.2) is 15.0 Å². The monoisotopic (exact) mass is 320 g/mol. The number of carbonyl (C=O) groups is 2. The van der Waals surface area contributed by atoms with E-state index in [2.05, 4.69) is 15.2 Å². The Kier molecular flexibility index (Phi) is 5.20. The number of nitrogens with zero attached hydrogens (tertiary/aromatic N) is 1. The summed E-state index contributed by atoms with van der Waals surface area (Å²) < 4.78 is 15.2. The fraction of sp³-hybridized carbons (Fsp3) is 0.438. The van der Waals surface area contributed by atoms with Crippen molar-refractivity contribution in [2.24, 2.45) is 0 Å². The van der Waals surface area contributed by atoms with E-state index in [-0.39, 0.29) is 12.5 Å². The molecule has 0 fully saturated rings. The van der Waals surface area contributed by atoms with Gasteiger partial charge in [0.25, 0.3) is 0 Å². The zero-order valence-electron chi connectivity index (χ0n) is 13.7. The van der Waals surface area contributed by atoms with Gasteiger partial charge in [0.05, 0.1) is 19.3 Å². The van der Waals surface area contributed by atoms with Gasteiger partial charge in [-0.15, -0.1) is 0 Å². The van der Waals surface area contributed by atoms with Crippen LogP contribution in [0.4, 0.5) is 0 Å². The molecule has 0 saturated carbocycles. The Balaban J connectivity index is 1.86. The van der Waals surface area contributed by atoms with Crippen LogP contribution in [0.1, 0.15) is 45.3 Å². The maximum absolute atomic E-state index is 11.9. The average molecular weight is 320 g/mol. The molecule has 2 rings (SSSR count). The number of methoxy groups -OCH3 is 1. The predicted molar refractivity (Wildman–Crippen MR) is 80.9 cm³/mol. The summed E-state index contributed by atoms with van der Waals surface area (Å²) in [5.74, 6) is 1.14. The molecule has 124 valence electrons. The number of furan rings is 1. The standard InChI is InChI=1S/C16H20N2O5/c1-9-13(11(3)23-18-9)5-6-15(19)17-8-12-7-14(10(2)22-12)16(20)21-4/h7H,5-6,8H2,1-4H3,(H,17,19). The zero-order chi connectivity index (χ0) is 17.0. The number of nitrogens with one attached hydrogen (secondary N) is 1. The quantitative estimate of drug-likeness (QED) is 0.820. The Bertz CT molecular complexity index is 695. The Hall–Kier alpha value is -2.57. The largest absolute Gasteiger partial charge is 0.465 e. The minimum absolute atomic E-state index is 0.112. The topological polar surface area (TPSA) is 94.6 Å². The van der Waals surface area contributed by atoms with Crippen molar-refractivity contribution in [2.75, 3.05) is 7.11 Å². The van der Waals surface area contributed by atoms with Crippen molar-refractivity contribution >= 4 is 11.9 Å². The Labute approximate surface area is 134 Å². The fourth-order valence-corrected chi connectivity index (χ4v) is 2.31. The van der Waals surface area contributed by atoms with Gasteiger partial charge in [-0.1, -0.05) is 5.16 Å². The predicted octanol–water partition coefficient (Wildman–Crippen LogP) is 2.23. The van der Waals surface area contributed by atoms with Crippen LogP contribution in [0, 0.1) is 20.8 Å². The molecular formula is C16H20N2O5. The Morgan fingerprint density at radius 1 is 1.26 bits per heavy atom. The molecule has 7 heteroatoms. The molecule has 0 spiro atoms. The summed E-state index contributed by atoms with van der Waals surface area (Å²) in [5.41, 5.74) is 2.13. The van der Waals surface area contributed by atoms with E-state index in [0.717, 1.165) is 17.0 Å². The lowest BCUT2D eigenvalue weighted by atomic mass is 10.1. The first kappa shape index (κ1) is 16.8. The summed E-state index contributed by atoms with van der Waals surface area (Å²) in [6, 6.07) is 1.58. The van der Waals surface area contributed by atoms with Gasteiger partial charge in [0.1, 0.15) is 22.8 Å². The van der Waals surface area contributed by atoms with E-state index in [1.165, 1.54) is 7.11 Å². The molecule has 0 unspecified atom stereocenters. The van der Waals surface area contributed by atoms with Crippen LogP contribution < -0.4 is 5.32 Å². The second-order valence-electron chi connectivity index (χ2n) is 5.25. The van der Waals surface area contributed by atoms with E-state index < -0.39 is 5.97 Å². The highest BCUT2D eigenvalue weighted by atomic mass is 16.5. The molecule has 0 saturated heterocycles. The molecule has 0 aliphatic heterocycles. The Morgan fingerprint density at radius 3 is 2.61 bits per heavy atom. The van der Waals surface area contributed by atoms with Gasteiger partial charge in [0.2, 0.25) is 5.91 Å². The number of carbonyl (C=O) groups excluding carboxylic acids is 2. The fourth-order valence-electron chi connectivity index (χ4n) is 2.31. The summed E-state index contributed by atoms with van der Waals surface area (Å²) in [4.78, 5) is 23.4. The highest BCUT2D eigenvalue weighted by molar-refractivity contribution is 5.90. The third-order valence-corrected chi connectivity index (χ3v) is 3.62. The minimum Gasteiger partial charge on any atom is -0.465 e. The molecule has 0 atom stereocenters. The zero-order valence-corrected chi connectivity index (χ0v) is 13.7. The molecule has 0 bridgehead atoms. The minimum atomic E-state index is -0.456. The van der Waals surface area contributed by atoms with Crippen LogP contribution in [0.3, 0.4) is 0 Å². The van der Waals surface area contributed by atoms with E-state index in [1.807, 2.05) is 13.8 Å². The number of aromatic nitrogens is 1. The lowest BCUT2D eigenvalue weighted by molar-refractivity contribution is -0.121. The summed E-state index contributed by atoms with van der Waals surface area (Å²) in [5, 5.41) is 6.62. The SMILES string of the molecule is COC(=O)c1cc(CNC(=O)CCc2c(C)noc2C)oc1C. The normalized spacial score (nSPS) is 10.6. The summed E-state index contributed by atoms with van der Waals surface area (Å²) >= 11 is 0. The van der Waals surface area contributed by atoms with Gasteiger partial charge in [-0.2, -0.15) is 0 Å². The Morgan fingerprint density at radius 2 is 2.00 bits per heavy atom. The summed E-state index contributed by atoms with van der Waals surface area (Å²) in [6.45, 7) is 5.57. The van der Waals surface area contributed by atoms with Gasteiger partial charge >= 0.3 is 5.97 Å². The highest BCUT2D eigenvalue weighted by Gasteiger charge is 2.16. The van der Waals surface area contributed by atoms with Crippen LogP contribution in [-0.4, -0.2) is 24.1 Å². The first-order valence-corrected chi connectivity index (χ1v) is 7.28. The molecule has 7 nitrogen and oxygen atoms in total. The third kappa shape index (κ3) is 4.00. The van der Waals surface area contributed by atoms with Gasteiger partial charge in [0.15, 0.2) is 0 Å². The first-order valence-electron chi connectivity index (χ1n) is 7.28. The van der Waals surface area contributed by atoms with Gasteiger partial charge in [0, 0.05) is 12.0 Å². The van der Waals surface area contributed by atoms with E-state index >= 15 is 0 Å².